The molecule has 0 radical (unpaired) electrons. The number of aromatic nitrogens is 2. The van der Waals surface area contributed by atoms with Crippen LogP contribution in [0, 0.1) is 0 Å². The number of hydrogen-bond acceptors (Lipinski definition) is 5. The maximum Gasteiger partial charge on any atom is 0.300 e. The third kappa shape index (κ3) is 11.3. The van der Waals surface area contributed by atoms with E-state index >= 15 is 0 Å². The molecule has 5 N–H and O–H groups in total. The van der Waals surface area contributed by atoms with Crippen LogP contribution in [0.4, 0.5) is 0 Å². The second-order valence-electron chi connectivity index (χ2n) is 5.30. The zero-order valence-corrected chi connectivity index (χ0v) is 14.6. The Bertz CT molecular complexity index is 648. The van der Waals surface area contributed by atoms with Gasteiger partial charge in [-0.2, -0.15) is 0 Å². The van der Waals surface area contributed by atoms with Crippen LogP contribution in [0.15, 0.2) is 36.7 Å². The van der Waals surface area contributed by atoms with Gasteiger partial charge in [0.25, 0.3) is 11.9 Å². The maximum absolute atomic E-state index is 9.46. The number of hydrogen-bond donors (Lipinski definition) is 4. The first-order valence-electron chi connectivity index (χ1n) is 7.58. The summed E-state index contributed by atoms with van der Waals surface area (Å²) in [5, 5.41) is 24.3. The van der Waals surface area contributed by atoms with Gasteiger partial charge in [-0.05, 0) is 25.5 Å². The van der Waals surface area contributed by atoms with Gasteiger partial charge in [0, 0.05) is 44.4 Å². The van der Waals surface area contributed by atoms with Gasteiger partial charge in [-0.15, -0.1) is 0 Å². The largest absolute Gasteiger partial charge is 0.508 e. The number of phenols is 1. The molecular formula is C17H25N3O5. The first-order chi connectivity index (χ1) is 11.6. The molecule has 8 nitrogen and oxygen atoms in total. The molecule has 1 aromatic carbocycles. The summed E-state index contributed by atoms with van der Waals surface area (Å²) >= 11 is 0. The Labute approximate surface area is 146 Å². The molecule has 8 heteroatoms. The van der Waals surface area contributed by atoms with Crippen LogP contribution in [0.3, 0.4) is 0 Å². The van der Waals surface area contributed by atoms with Crippen LogP contribution in [-0.4, -0.2) is 42.9 Å². The van der Waals surface area contributed by atoms with Crippen molar-refractivity contribution in [3.8, 4) is 17.1 Å². The minimum Gasteiger partial charge on any atom is -0.508 e. The summed E-state index contributed by atoms with van der Waals surface area (Å²) in [4.78, 5) is 22.3. The van der Waals surface area contributed by atoms with Gasteiger partial charge in [0.1, 0.15) is 11.6 Å². The molecule has 0 aliphatic carbocycles. The summed E-state index contributed by atoms with van der Waals surface area (Å²) in [5.41, 5.74) is 6.66. The van der Waals surface area contributed by atoms with Crippen molar-refractivity contribution in [2.75, 3.05) is 0 Å². The summed E-state index contributed by atoms with van der Waals surface area (Å²) in [6.07, 6.45) is 4.60. The summed E-state index contributed by atoms with van der Waals surface area (Å²) in [6, 6.07) is 7.29. The lowest BCUT2D eigenvalue weighted by molar-refractivity contribution is -0.135. The molecule has 1 atom stereocenters. The second kappa shape index (κ2) is 11.6. The van der Waals surface area contributed by atoms with Gasteiger partial charge in [0.15, 0.2) is 0 Å². The molecule has 25 heavy (non-hydrogen) atoms. The molecule has 0 fully saturated rings. The number of phenolic OH excluding ortho intramolecular Hbond substituents is 1. The average Bonchev–Trinajstić information content (AvgIpc) is 2.92. The monoisotopic (exact) mass is 351 g/mol. The quantitative estimate of drug-likeness (QED) is 0.662. The molecule has 2 aromatic rings. The average molecular weight is 351 g/mol. The third-order valence-corrected chi connectivity index (χ3v) is 2.65. The van der Waals surface area contributed by atoms with Crippen molar-refractivity contribution in [1.82, 2.24) is 9.55 Å². The van der Waals surface area contributed by atoms with Crippen molar-refractivity contribution in [2.45, 2.75) is 39.8 Å². The van der Waals surface area contributed by atoms with E-state index in [1.165, 1.54) is 0 Å². The van der Waals surface area contributed by atoms with Gasteiger partial charge in [-0.25, -0.2) is 4.98 Å². The van der Waals surface area contributed by atoms with Gasteiger partial charge >= 0.3 is 0 Å². The molecule has 0 spiro atoms. The predicted octanol–water partition coefficient (Wildman–Crippen LogP) is 2.17. The molecular weight excluding hydrogens is 326 g/mol. The van der Waals surface area contributed by atoms with E-state index in [1.54, 1.807) is 18.3 Å². The summed E-state index contributed by atoms with van der Waals surface area (Å²) in [5.74, 6) is -0.550. The fraction of sp³-hybridized carbons (Fsp3) is 0.353. The van der Waals surface area contributed by atoms with E-state index in [-0.39, 0.29) is 11.8 Å². The second-order valence-corrected chi connectivity index (χ2v) is 5.30. The van der Waals surface area contributed by atoms with E-state index in [9.17, 15) is 5.11 Å². The first kappa shape index (κ1) is 22.1. The number of carbonyl (C=O) groups is 2. The number of rotatable bonds is 4. The van der Waals surface area contributed by atoms with Gasteiger partial charge in [-0.3, -0.25) is 9.59 Å². The molecule has 0 aliphatic rings. The Morgan fingerprint density at radius 3 is 2.28 bits per heavy atom. The number of carboxylic acids is 2. The number of imidazole rings is 1. The lowest BCUT2D eigenvalue weighted by Gasteiger charge is -2.09. The van der Waals surface area contributed by atoms with Crippen molar-refractivity contribution >= 4 is 11.9 Å². The van der Waals surface area contributed by atoms with E-state index in [0.29, 0.717) is 0 Å². The molecule has 1 aromatic heterocycles. The van der Waals surface area contributed by atoms with E-state index in [4.69, 9.17) is 25.5 Å². The van der Waals surface area contributed by atoms with Crippen molar-refractivity contribution in [1.29, 1.82) is 0 Å². The van der Waals surface area contributed by atoms with Gasteiger partial charge in [0.05, 0.1) is 0 Å². The molecule has 0 amide bonds. The van der Waals surface area contributed by atoms with Crippen LogP contribution in [-0.2, 0) is 16.1 Å². The Balaban J connectivity index is 0.000000609. The normalized spacial score (nSPS) is 10.6. The van der Waals surface area contributed by atoms with E-state index in [1.807, 2.05) is 25.3 Å². The summed E-state index contributed by atoms with van der Waals surface area (Å²) in [7, 11) is 0. The van der Waals surface area contributed by atoms with Gasteiger partial charge < -0.3 is 25.6 Å². The predicted molar refractivity (Wildman–Crippen MR) is 94.2 cm³/mol. The lowest BCUT2D eigenvalue weighted by Crippen LogP contribution is -2.17. The smallest absolute Gasteiger partial charge is 0.300 e. The van der Waals surface area contributed by atoms with E-state index < -0.39 is 11.9 Å². The highest BCUT2D eigenvalue weighted by Gasteiger charge is 2.06. The minimum atomic E-state index is -0.833. The Morgan fingerprint density at radius 1 is 1.24 bits per heavy atom. The van der Waals surface area contributed by atoms with E-state index in [2.05, 4.69) is 9.55 Å². The van der Waals surface area contributed by atoms with Crippen molar-refractivity contribution in [3.05, 3.63) is 36.7 Å². The van der Waals surface area contributed by atoms with Gasteiger partial charge in [-0.1, -0.05) is 12.1 Å². The fourth-order valence-electron chi connectivity index (χ4n) is 1.74. The molecule has 0 aliphatic heterocycles. The van der Waals surface area contributed by atoms with Crippen molar-refractivity contribution in [3.63, 3.8) is 0 Å². The molecule has 0 saturated heterocycles. The van der Waals surface area contributed by atoms with Gasteiger partial charge in [0.2, 0.25) is 0 Å². The molecule has 1 heterocycles. The van der Waals surface area contributed by atoms with E-state index in [0.717, 1.165) is 38.2 Å². The highest BCUT2D eigenvalue weighted by atomic mass is 16.4. The molecule has 0 saturated carbocycles. The van der Waals surface area contributed by atoms with Crippen LogP contribution in [0.25, 0.3) is 11.4 Å². The standard InChI is InChI=1S/C13H17N3O.2C2H4O2/c1-10(14)5-7-16-8-6-15-13(16)11-3-2-4-12(17)9-11;2*1-2(3)4/h2-4,6,8-10,17H,5,7,14H2,1H3;2*1H3,(H,3,4). The number of aryl methyl sites for hydroxylation is 1. The molecule has 2 rings (SSSR count). The minimum absolute atomic E-state index is 0.175. The van der Waals surface area contributed by atoms with Crippen LogP contribution in [0.1, 0.15) is 27.2 Å². The van der Waals surface area contributed by atoms with Crippen LogP contribution in [0.5, 0.6) is 5.75 Å². The maximum atomic E-state index is 9.46. The number of aromatic hydroxyl groups is 1. The third-order valence-electron chi connectivity index (χ3n) is 2.65. The number of aliphatic carboxylic acids is 2. The first-order valence-corrected chi connectivity index (χ1v) is 7.58. The van der Waals surface area contributed by atoms with Crippen molar-refractivity contribution < 1.29 is 24.9 Å². The number of nitrogens with zero attached hydrogens (tertiary/aromatic N) is 2. The highest BCUT2D eigenvalue weighted by Crippen LogP contribution is 2.21. The SMILES string of the molecule is CC(=O)O.CC(=O)O.CC(N)CCn1ccnc1-c1cccc(O)c1. The number of benzene rings is 1. The zero-order valence-electron chi connectivity index (χ0n) is 14.6. The number of nitrogens with two attached hydrogens (primary N) is 1. The number of carboxylic acid groups (broad SMARTS) is 2. The molecule has 138 valence electrons. The summed E-state index contributed by atoms with van der Waals surface area (Å²) in [6.45, 7) is 4.99. The zero-order chi connectivity index (χ0) is 19.4. The molecule has 1 unspecified atom stereocenters. The summed E-state index contributed by atoms with van der Waals surface area (Å²) < 4.78 is 2.05. The van der Waals surface area contributed by atoms with Crippen LogP contribution < -0.4 is 5.73 Å². The molecule has 0 bridgehead atoms. The fourth-order valence-corrected chi connectivity index (χ4v) is 1.74. The topological polar surface area (TPSA) is 139 Å². The Morgan fingerprint density at radius 2 is 1.80 bits per heavy atom. The highest BCUT2D eigenvalue weighted by molar-refractivity contribution is 5.63. The van der Waals surface area contributed by atoms with Crippen LogP contribution in [0.2, 0.25) is 0 Å². The lowest BCUT2D eigenvalue weighted by atomic mass is 10.2. The Kier molecular flexibility index (Phi) is 10.3. The van der Waals surface area contributed by atoms with Crippen LogP contribution >= 0.6 is 0 Å². The van der Waals surface area contributed by atoms with Crippen molar-refractivity contribution in [2.24, 2.45) is 5.73 Å². The Hall–Kier alpha value is -2.87.